The highest BCUT2D eigenvalue weighted by Gasteiger charge is 2.27. The van der Waals surface area contributed by atoms with Gasteiger partial charge in [0.05, 0.1) is 5.92 Å². The highest BCUT2D eigenvalue weighted by molar-refractivity contribution is 5.76. The van der Waals surface area contributed by atoms with Crippen LogP contribution in [0.4, 0.5) is 0 Å². The van der Waals surface area contributed by atoms with Gasteiger partial charge in [-0.15, -0.1) is 0 Å². The number of nitrogens with one attached hydrogen (secondary N) is 1. The first kappa shape index (κ1) is 17.3. The van der Waals surface area contributed by atoms with Crippen molar-refractivity contribution >= 4 is 17.0 Å². The quantitative estimate of drug-likeness (QED) is 0.751. The molecule has 1 unspecified atom stereocenters. The molecule has 1 atom stereocenters. The molecule has 8 nitrogen and oxygen atoms in total. The van der Waals surface area contributed by atoms with Crippen LogP contribution in [0, 0.1) is 0 Å². The second-order valence-corrected chi connectivity index (χ2v) is 6.75. The number of para-hydroxylation sites is 2. The fourth-order valence-electron chi connectivity index (χ4n) is 3.46. The Morgan fingerprint density at radius 3 is 2.93 bits per heavy atom. The number of likely N-dealkylation sites (tertiary alicyclic amines) is 1. The number of fused-ring (bicyclic) bond motifs is 1. The van der Waals surface area contributed by atoms with Crippen molar-refractivity contribution in [1.29, 1.82) is 0 Å². The third-order valence-electron chi connectivity index (χ3n) is 4.90. The molecule has 4 rings (SSSR count). The minimum Gasteiger partial charge on any atom is -0.440 e. The Bertz CT molecular complexity index is 1050. The average Bonchev–Trinajstić information content (AvgIpc) is 3.11. The van der Waals surface area contributed by atoms with E-state index in [-0.39, 0.29) is 24.8 Å². The summed E-state index contributed by atoms with van der Waals surface area (Å²) in [5.41, 5.74) is 0.639. The number of benzene rings is 1. The molecule has 3 heterocycles. The van der Waals surface area contributed by atoms with E-state index in [9.17, 15) is 14.4 Å². The molecule has 1 N–H and O–H groups in total. The molecule has 1 aromatic carbocycles. The van der Waals surface area contributed by atoms with Gasteiger partial charge in [-0.05, 0) is 25.0 Å². The van der Waals surface area contributed by atoms with Gasteiger partial charge in [-0.2, -0.15) is 0 Å². The van der Waals surface area contributed by atoms with Gasteiger partial charge in [-0.3, -0.25) is 14.6 Å². The van der Waals surface area contributed by atoms with Gasteiger partial charge in [0.2, 0.25) is 5.91 Å². The van der Waals surface area contributed by atoms with Crippen LogP contribution in [0.25, 0.3) is 11.1 Å². The predicted molar refractivity (Wildman–Crippen MR) is 98.5 cm³/mol. The zero-order valence-corrected chi connectivity index (χ0v) is 14.8. The summed E-state index contributed by atoms with van der Waals surface area (Å²) < 4.78 is 7.20. The molecule has 27 heavy (non-hydrogen) atoms. The number of nitrogens with zero attached hydrogens (tertiary/aromatic N) is 3. The lowest BCUT2D eigenvalue weighted by Gasteiger charge is -2.31. The molecular weight excluding hydrogens is 348 g/mol. The molecule has 0 bridgehead atoms. The van der Waals surface area contributed by atoms with Crippen molar-refractivity contribution < 1.29 is 9.21 Å². The minimum atomic E-state index is -0.502. The van der Waals surface area contributed by atoms with E-state index in [1.54, 1.807) is 4.90 Å². The van der Waals surface area contributed by atoms with Crippen LogP contribution in [0.3, 0.4) is 0 Å². The van der Waals surface area contributed by atoms with Gasteiger partial charge < -0.3 is 13.9 Å². The van der Waals surface area contributed by atoms with Crippen LogP contribution >= 0.6 is 0 Å². The summed E-state index contributed by atoms with van der Waals surface area (Å²) in [5, 5.41) is 0. The zero-order valence-electron chi connectivity index (χ0n) is 14.8. The number of oxazole rings is 1. The number of piperidine rings is 1. The molecular formula is C19H20N4O4. The third kappa shape index (κ3) is 3.69. The molecule has 1 saturated heterocycles. The maximum Gasteiger partial charge on any atom is 0.328 e. The average molecular weight is 368 g/mol. The van der Waals surface area contributed by atoms with Gasteiger partial charge in [0.25, 0.3) is 5.56 Å². The first-order chi connectivity index (χ1) is 13.1. The van der Waals surface area contributed by atoms with Crippen molar-refractivity contribution in [3.8, 4) is 0 Å². The van der Waals surface area contributed by atoms with E-state index in [1.165, 1.54) is 16.8 Å². The van der Waals surface area contributed by atoms with Crippen LogP contribution in [-0.2, 0) is 11.3 Å². The Kier molecular flexibility index (Phi) is 4.62. The second-order valence-electron chi connectivity index (χ2n) is 6.75. The summed E-state index contributed by atoms with van der Waals surface area (Å²) in [6.07, 6.45) is 3.42. The summed E-state index contributed by atoms with van der Waals surface area (Å²) in [6.45, 7) is 1.49. The van der Waals surface area contributed by atoms with E-state index in [0.29, 0.717) is 19.0 Å². The van der Waals surface area contributed by atoms with Crippen molar-refractivity contribution in [2.45, 2.75) is 31.7 Å². The van der Waals surface area contributed by atoms with Crippen LogP contribution in [-0.4, -0.2) is 38.4 Å². The summed E-state index contributed by atoms with van der Waals surface area (Å²) in [4.78, 5) is 44.0. The molecule has 0 radical (unpaired) electrons. The summed E-state index contributed by atoms with van der Waals surface area (Å²) in [7, 11) is 0. The van der Waals surface area contributed by atoms with E-state index >= 15 is 0 Å². The van der Waals surface area contributed by atoms with Crippen LogP contribution < -0.4 is 11.2 Å². The van der Waals surface area contributed by atoms with Crippen LogP contribution in [0.15, 0.2) is 50.5 Å². The molecule has 0 spiro atoms. The van der Waals surface area contributed by atoms with Gasteiger partial charge >= 0.3 is 5.69 Å². The molecule has 140 valence electrons. The smallest absolute Gasteiger partial charge is 0.328 e. The Hall–Kier alpha value is -3.16. The largest absolute Gasteiger partial charge is 0.440 e. The van der Waals surface area contributed by atoms with E-state index in [1.807, 2.05) is 24.3 Å². The van der Waals surface area contributed by atoms with Gasteiger partial charge in [-0.25, -0.2) is 9.78 Å². The number of aromatic nitrogens is 3. The molecule has 0 saturated carbocycles. The van der Waals surface area contributed by atoms with E-state index in [4.69, 9.17) is 4.42 Å². The zero-order chi connectivity index (χ0) is 18.8. The van der Waals surface area contributed by atoms with Crippen molar-refractivity contribution in [1.82, 2.24) is 19.4 Å². The maximum absolute atomic E-state index is 12.6. The molecule has 0 aliphatic carbocycles. The summed E-state index contributed by atoms with van der Waals surface area (Å²) in [6, 6.07) is 8.91. The predicted octanol–water partition coefficient (Wildman–Crippen LogP) is 1.47. The number of aromatic amines is 1. The monoisotopic (exact) mass is 368 g/mol. The number of H-pyrrole nitrogens is 1. The minimum absolute atomic E-state index is 0.0195. The van der Waals surface area contributed by atoms with Gasteiger partial charge in [0.15, 0.2) is 11.5 Å². The number of aryl methyl sites for hydroxylation is 1. The molecule has 2 aromatic heterocycles. The maximum atomic E-state index is 12.6. The molecule has 1 amide bonds. The number of amides is 1. The van der Waals surface area contributed by atoms with Crippen LogP contribution in [0.1, 0.15) is 31.1 Å². The lowest BCUT2D eigenvalue weighted by molar-refractivity contribution is -0.132. The lowest BCUT2D eigenvalue weighted by Crippen LogP contribution is -2.40. The SMILES string of the molecule is O=C(CCn1ccc(=O)[nH]c1=O)N1CCCC(c2nc3ccccc3o2)C1. The van der Waals surface area contributed by atoms with E-state index in [2.05, 4.69) is 9.97 Å². The van der Waals surface area contributed by atoms with Crippen molar-refractivity contribution in [3.63, 3.8) is 0 Å². The van der Waals surface area contributed by atoms with Gasteiger partial charge in [0, 0.05) is 38.3 Å². The highest BCUT2D eigenvalue weighted by Crippen LogP contribution is 2.29. The summed E-state index contributed by atoms with van der Waals surface area (Å²) in [5.74, 6) is 0.727. The lowest BCUT2D eigenvalue weighted by atomic mass is 9.97. The number of carbonyl (C=O) groups is 1. The van der Waals surface area contributed by atoms with Crippen LogP contribution in [0.5, 0.6) is 0 Å². The second kappa shape index (κ2) is 7.22. The first-order valence-corrected chi connectivity index (χ1v) is 9.03. The Balaban J connectivity index is 1.42. The van der Waals surface area contributed by atoms with Crippen molar-refractivity contribution in [2.75, 3.05) is 13.1 Å². The standard InChI is InChI=1S/C19H20N4O4/c24-16-7-10-22(19(26)21-16)11-8-17(25)23-9-3-4-13(12-23)18-20-14-5-1-2-6-15(14)27-18/h1-2,5-7,10,13H,3-4,8-9,11-12H2,(H,21,24,26). The molecule has 1 fully saturated rings. The van der Waals surface area contributed by atoms with E-state index < -0.39 is 11.2 Å². The topological polar surface area (TPSA) is 101 Å². The van der Waals surface area contributed by atoms with Crippen molar-refractivity contribution in [2.24, 2.45) is 0 Å². The number of carbonyl (C=O) groups excluding carboxylic acids is 1. The number of rotatable bonds is 4. The first-order valence-electron chi connectivity index (χ1n) is 9.03. The Morgan fingerprint density at radius 2 is 2.11 bits per heavy atom. The number of hydrogen-bond donors (Lipinski definition) is 1. The molecule has 8 heteroatoms. The fourth-order valence-corrected chi connectivity index (χ4v) is 3.46. The van der Waals surface area contributed by atoms with E-state index in [0.717, 1.165) is 23.9 Å². The third-order valence-corrected chi connectivity index (χ3v) is 4.90. The molecule has 1 aliphatic rings. The highest BCUT2D eigenvalue weighted by atomic mass is 16.3. The summed E-state index contributed by atoms with van der Waals surface area (Å²) >= 11 is 0. The Morgan fingerprint density at radius 1 is 1.26 bits per heavy atom. The van der Waals surface area contributed by atoms with Crippen molar-refractivity contribution in [3.05, 3.63) is 63.3 Å². The molecule has 3 aromatic rings. The Labute approximate surface area is 154 Å². The normalized spacial score (nSPS) is 17.3. The van der Waals surface area contributed by atoms with Crippen LogP contribution in [0.2, 0.25) is 0 Å². The fraction of sp³-hybridized carbons (Fsp3) is 0.368. The van der Waals surface area contributed by atoms with Gasteiger partial charge in [-0.1, -0.05) is 12.1 Å². The van der Waals surface area contributed by atoms with Gasteiger partial charge in [0.1, 0.15) is 5.52 Å². The molecule has 1 aliphatic heterocycles. The number of hydrogen-bond acceptors (Lipinski definition) is 5.